The number of amides is 1. The van der Waals surface area contributed by atoms with Crippen LogP contribution in [0.25, 0.3) is 0 Å². The smallest absolute Gasteiger partial charge is 0.409 e. The van der Waals surface area contributed by atoms with E-state index in [-0.39, 0.29) is 6.09 Å². The van der Waals surface area contributed by atoms with Crippen molar-refractivity contribution in [3.8, 4) is 0 Å². The Morgan fingerprint density at radius 2 is 1.41 bits per heavy atom. The highest BCUT2D eigenvalue weighted by Crippen LogP contribution is 2.06. The molecule has 0 bridgehead atoms. The van der Waals surface area contributed by atoms with E-state index in [0.29, 0.717) is 0 Å². The van der Waals surface area contributed by atoms with Gasteiger partial charge in [0.15, 0.2) is 0 Å². The number of unbranched alkanes of at least 4 members (excludes halogenated alkanes) is 6. The SMILES string of the molecule is [CH2]OC(=O)N(CCCCCC)CCCCCC. The summed E-state index contributed by atoms with van der Waals surface area (Å²) in [6, 6.07) is 0. The Balaban J connectivity index is 3.76. The second-order valence-corrected chi connectivity index (χ2v) is 4.52. The summed E-state index contributed by atoms with van der Waals surface area (Å²) in [6.07, 6.45) is 9.14. The van der Waals surface area contributed by atoms with Crippen LogP contribution >= 0.6 is 0 Å². The number of hydrogen-bond donors (Lipinski definition) is 0. The molecule has 0 unspecified atom stereocenters. The zero-order valence-corrected chi connectivity index (χ0v) is 11.5. The fourth-order valence-corrected chi connectivity index (χ4v) is 1.84. The molecule has 0 spiro atoms. The highest BCUT2D eigenvalue weighted by molar-refractivity contribution is 5.67. The van der Waals surface area contributed by atoms with E-state index in [2.05, 4.69) is 25.7 Å². The van der Waals surface area contributed by atoms with Crippen molar-refractivity contribution in [2.45, 2.75) is 65.2 Å². The number of nitrogens with zero attached hydrogens (tertiary/aromatic N) is 1. The van der Waals surface area contributed by atoms with Crippen LogP contribution in [-0.2, 0) is 4.74 Å². The molecule has 0 aliphatic carbocycles. The third-order valence-electron chi connectivity index (χ3n) is 2.94. The van der Waals surface area contributed by atoms with Crippen molar-refractivity contribution in [3.05, 3.63) is 7.11 Å². The van der Waals surface area contributed by atoms with Gasteiger partial charge in [-0.3, -0.25) is 0 Å². The van der Waals surface area contributed by atoms with E-state index in [9.17, 15) is 4.79 Å². The molecule has 0 saturated carbocycles. The molecule has 1 radical (unpaired) electrons. The van der Waals surface area contributed by atoms with Crippen LogP contribution in [-0.4, -0.2) is 24.1 Å². The lowest BCUT2D eigenvalue weighted by Gasteiger charge is -2.20. The van der Waals surface area contributed by atoms with Crippen LogP contribution in [0.5, 0.6) is 0 Å². The Kier molecular flexibility index (Phi) is 11.2. The number of hydrogen-bond acceptors (Lipinski definition) is 2. The molecule has 0 aliphatic heterocycles. The van der Waals surface area contributed by atoms with Gasteiger partial charge in [0.25, 0.3) is 0 Å². The summed E-state index contributed by atoms with van der Waals surface area (Å²) in [5.41, 5.74) is 0. The zero-order chi connectivity index (χ0) is 12.9. The minimum atomic E-state index is -0.280. The van der Waals surface area contributed by atoms with E-state index in [1.54, 1.807) is 4.90 Å². The third kappa shape index (κ3) is 9.02. The van der Waals surface area contributed by atoms with Crippen molar-refractivity contribution in [2.24, 2.45) is 0 Å². The van der Waals surface area contributed by atoms with Crippen LogP contribution in [0.1, 0.15) is 65.2 Å². The quantitative estimate of drug-likeness (QED) is 0.532. The first-order chi connectivity index (χ1) is 8.26. The minimum absolute atomic E-state index is 0.280. The first-order valence-corrected chi connectivity index (χ1v) is 6.97. The monoisotopic (exact) mass is 242 g/mol. The topological polar surface area (TPSA) is 29.5 Å². The predicted octanol–water partition coefficient (Wildman–Crippen LogP) is 4.38. The molecule has 17 heavy (non-hydrogen) atoms. The molecule has 3 nitrogen and oxygen atoms in total. The maximum atomic E-state index is 11.5. The standard InChI is InChI=1S/C14H28NO2/c1-4-6-8-10-12-15(14(16)17-3)13-11-9-7-5-2/h3-13H2,1-2H3. The van der Waals surface area contributed by atoms with Gasteiger partial charge in [-0.1, -0.05) is 52.4 Å². The molecule has 0 aromatic rings. The van der Waals surface area contributed by atoms with E-state index >= 15 is 0 Å². The largest absolute Gasteiger partial charge is 0.446 e. The molecule has 0 aliphatic rings. The highest BCUT2D eigenvalue weighted by atomic mass is 16.5. The van der Waals surface area contributed by atoms with Gasteiger partial charge in [0.1, 0.15) is 7.11 Å². The molecule has 0 atom stereocenters. The van der Waals surface area contributed by atoms with E-state index in [1.807, 2.05) is 0 Å². The molecule has 0 saturated heterocycles. The van der Waals surface area contributed by atoms with Gasteiger partial charge in [0.2, 0.25) is 0 Å². The van der Waals surface area contributed by atoms with Gasteiger partial charge in [-0.25, -0.2) is 4.79 Å². The molecular formula is C14H28NO2. The summed E-state index contributed by atoms with van der Waals surface area (Å²) in [4.78, 5) is 13.3. The van der Waals surface area contributed by atoms with Crippen LogP contribution in [0, 0.1) is 7.11 Å². The Labute approximate surface area is 107 Å². The maximum absolute atomic E-state index is 11.5. The van der Waals surface area contributed by atoms with Crippen LogP contribution in [0.15, 0.2) is 0 Å². The molecule has 3 heteroatoms. The third-order valence-corrected chi connectivity index (χ3v) is 2.94. The summed E-state index contributed by atoms with van der Waals surface area (Å²) in [5, 5.41) is 0. The molecule has 0 aromatic heterocycles. The second-order valence-electron chi connectivity index (χ2n) is 4.52. The summed E-state index contributed by atoms with van der Waals surface area (Å²) in [5.74, 6) is 0. The Morgan fingerprint density at radius 1 is 0.941 bits per heavy atom. The molecule has 0 heterocycles. The van der Waals surface area contributed by atoms with Crippen LogP contribution < -0.4 is 0 Å². The second kappa shape index (κ2) is 11.7. The minimum Gasteiger partial charge on any atom is -0.446 e. The van der Waals surface area contributed by atoms with Crippen LogP contribution in [0.3, 0.4) is 0 Å². The van der Waals surface area contributed by atoms with Gasteiger partial charge in [-0.2, -0.15) is 0 Å². The number of ether oxygens (including phenoxy) is 1. The van der Waals surface area contributed by atoms with Gasteiger partial charge < -0.3 is 9.64 Å². The summed E-state index contributed by atoms with van der Waals surface area (Å²) in [7, 11) is 3.20. The number of carbonyl (C=O) groups excluding carboxylic acids is 1. The van der Waals surface area contributed by atoms with Gasteiger partial charge in [0.05, 0.1) is 0 Å². The van der Waals surface area contributed by atoms with Crippen LogP contribution in [0.4, 0.5) is 4.79 Å². The lowest BCUT2D eigenvalue weighted by molar-refractivity contribution is 0.133. The molecular weight excluding hydrogens is 214 g/mol. The van der Waals surface area contributed by atoms with E-state index in [4.69, 9.17) is 0 Å². The Morgan fingerprint density at radius 3 is 1.76 bits per heavy atom. The predicted molar refractivity (Wildman–Crippen MR) is 71.7 cm³/mol. The molecule has 0 N–H and O–H groups in total. The first kappa shape index (κ1) is 16.3. The first-order valence-electron chi connectivity index (χ1n) is 6.97. The maximum Gasteiger partial charge on any atom is 0.409 e. The average Bonchev–Trinajstić information content (AvgIpc) is 2.36. The molecule has 0 fully saturated rings. The van der Waals surface area contributed by atoms with Crippen molar-refractivity contribution in [3.63, 3.8) is 0 Å². The van der Waals surface area contributed by atoms with Gasteiger partial charge in [-0.15, -0.1) is 0 Å². The number of rotatable bonds is 10. The average molecular weight is 242 g/mol. The fourth-order valence-electron chi connectivity index (χ4n) is 1.84. The highest BCUT2D eigenvalue weighted by Gasteiger charge is 2.12. The molecule has 1 amide bonds. The normalized spacial score (nSPS) is 10.3. The van der Waals surface area contributed by atoms with Gasteiger partial charge in [-0.05, 0) is 12.8 Å². The lowest BCUT2D eigenvalue weighted by Crippen LogP contribution is -2.32. The van der Waals surface area contributed by atoms with E-state index < -0.39 is 0 Å². The van der Waals surface area contributed by atoms with Gasteiger partial charge in [0, 0.05) is 13.1 Å². The van der Waals surface area contributed by atoms with Crippen molar-refractivity contribution in [2.75, 3.05) is 13.1 Å². The van der Waals surface area contributed by atoms with Crippen molar-refractivity contribution < 1.29 is 9.53 Å². The molecule has 0 rings (SSSR count). The Bertz CT molecular complexity index is 171. The summed E-state index contributed by atoms with van der Waals surface area (Å²) in [6.45, 7) is 5.99. The fraction of sp³-hybridized carbons (Fsp3) is 0.857. The van der Waals surface area contributed by atoms with Crippen molar-refractivity contribution in [1.82, 2.24) is 4.90 Å². The Hall–Kier alpha value is -0.730. The molecule has 0 aromatic carbocycles. The summed E-state index contributed by atoms with van der Waals surface area (Å²) >= 11 is 0. The van der Waals surface area contributed by atoms with Crippen LogP contribution in [0.2, 0.25) is 0 Å². The lowest BCUT2D eigenvalue weighted by atomic mass is 10.2. The summed E-state index contributed by atoms with van der Waals surface area (Å²) < 4.78 is 4.56. The van der Waals surface area contributed by atoms with Gasteiger partial charge >= 0.3 is 6.09 Å². The van der Waals surface area contributed by atoms with Crippen molar-refractivity contribution in [1.29, 1.82) is 0 Å². The van der Waals surface area contributed by atoms with E-state index in [1.165, 1.54) is 38.5 Å². The van der Waals surface area contributed by atoms with E-state index in [0.717, 1.165) is 25.9 Å². The molecule has 101 valence electrons. The number of carbonyl (C=O) groups is 1. The van der Waals surface area contributed by atoms with Crippen molar-refractivity contribution >= 4 is 6.09 Å². The zero-order valence-electron chi connectivity index (χ0n) is 11.5.